The standard InChI is InChI=1S/C8H11N5O5S/c9-19(17,18)3-4-1-5(14)13(2-4)8-10-6(7(15)16)11-12-8/h4H,1-3H2,(H,15,16)(H2,9,17,18)(H,10,11,12). The molecule has 4 N–H and O–H groups in total. The van der Waals surface area contributed by atoms with Gasteiger partial charge in [0.15, 0.2) is 0 Å². The molecule has 0 aliphatic carbocycles. The lowest BCUT2D eigenvalue weighted by Gasteiger charge is -2.11. The minimum atomic E-state index is -3.67. The summed E-state index contributed by atoms with van der Waals surface area (Å²) in [5, 5.41) is 19.4. The third-order valence-electron chi connectivity index (χ3n) is 2.59. The summed E-state index contributed by atoms with van der Waals surface area (Å²) in [6.07, 6.45) is 0.00732. The molecule has 19 heavy (non-hydrogen) atoms. The van der Waals surface area contributed by atoms with Gasteiger partial charge in [0, 0.05) is 18.9 Å². The molecule has 1 aromatic heterocycles. The Kier molecular flexibility index (Phi) is 3.24. The molecular formula is C8H11N5O5S. The number of aromatic carboxylic acids is 1. The van der Waals surface area contributed by atoms with Crippen LogP contribution in [0.15, 0.2) is 0 Å². The van der Waals surface area contributed by atoms with Crippen molar-refractivity contribution in [2.45, 2.75) is 6.42 Å². The number of amides is 1. The first-order chi connectivity index (χ1) is 8.76. The maximum atomic E-state index is 11.7. The molecule has 1 atom stereocenters. The smallest absolute Gasteiger partial charge is 0.373 e. The predicted octanol–water partition coefficient (Wildman–Crippen LogP) is -1.86. The van der Waals surface area contributed by atoms with Gasteiger partial charge in [-0.15, -0.1) is 5.10 Å². The number of aromatic amines is 1. The van der Waals surface area contributed by atoms with Gasteiger partial charge < -0.3 is 5.11 Å². The van der Waals surface area contributed by atoms with Gasteiger partial charge in [-0.25, -0.2) is 18.4 Å². The number of carboxylic acids is 1. The third-order valence-corrected chi connectivity index (χ3v) is 3.53. The van der Waals surface area contributed by atoms with Crippen LogP contribution in [0.4, 0.5) is 5.95 Å². The summed E-state index contributed by atoms with van der Waals surface area (Å²) < 4.78 is 21.9. The van der Waals surface area contributed by atoms with Gasteiger partial charge in [0.25, 0.3) is 5.95 Å². The Hall–Kier alpha value is -2.01. The summed E-state index contributed by atoms with van der Waals surface area (Å²) >= 11 is 0. The Bertz CT molecular complexity index is 623. The number of hydrogen-bond donors (Lipinski definition) is 3. The van der Waals surface area contributed by atoms with Gasteiger partial charge in [-0.05, 0) is 0 Å². The molecule has 2 heterocycles. The summed E-state index contributed by atoms with van der Waals surface area (Å²) in [5.41, 5.74) is 0. The molecule has 10 nitrogen and oxygen atoms in total. The van der Waals surface area contributed by atoms with Gasteiger partial charge in [-0.2, -0.15) is 4.98 Å². The fourth-order valence-corrected chi connectivity index (χ4v) is 2.76. The van der Waals surface area contributed by atoms with E-state index in [4.69, 9.17) is 10.2 Å². The van der Waals surface area contributed by atoms with Crippen molar-refractivity contribution in [2.24, 2.45) is 11.1 Å². The minimum absolute atomic E-state index is 0.00732. The van der Waals surface area contributed by atoms with Crippen LogP contribution in [0.2, 0.25) is 0 Å². The van der Waals surface area contributed by atoms with Crippen molar-refractivity contribution in [1.29, 1.82) is 0 Å². The van der Waals surface area contributed by atoms with E-state index >= 15 is 0 Å². The number of anilines is 1. The quantitative estimate of drug-likeness (QED) is 0.586. The number of aromatic nitrogens is 3. The van der Waals surface area contributed by atoms with Crippen molar-refractivity contribution in [2.75, 3.05) is 17.2 Å². The lowest BCUT2D eigenvalue weighted by atomic mass is 10.1. The monoisotopic (exact) mass is 289 g/mol. The summed E-state index contributed by atoms with van der Waals surface area (Å²) in [6.45, 7) is 0.0895. The molecule has 0 bridgehead atoms. The molecule has 1 aliphatic rings. The lowest BCUT2D eigenvalue weighted by molar-refractivity contribution is -0.117. The lowest BCUT2D eigenvalue weighted by Crippen LogP contribution is -2.28. The van der Waals surface area contributed by atoms with E-state index in [1.807, 2.05) is 0 Å². The second-order valence-electron chi connectivity index (χ2n) is 4.19. The Balaban J connectivity index is 2.13. The molecule has 1 saturated heterocycles. The number of carbonyl (C=O) groups is 2. The maximum Gasteiger partial charge on any atom is 0.373 e. The molecular weight excluding hydrogens is 278 g/mol. The molecule has 104 valence electrons. The van der Waals surface area contributed by atoms with Crippen LogP contribution in [-0.2, 0) is 14.8 Å². The molecule has 1 fully saturated rings. The van der Waals surface area contributed by atoms with E-state index in [1.165, 1.54) is 0 Å². The summed E-state index contributed by atoms with van der Waals surface area (Å²) in [7, 11) is -3.67. The van der Waals surface area contributed by atoms with Gasteiger partial charge in [0.05, 0.1) is 5.75 Å². The van der Waals surface area contributed by atoms with Crippen LogP contribution >= 0.6 is 0 Å². The van der Waals surface area contributed by atoms with E-state index in [-0.39, 0.29) is 30.6 Å². The Labute approximate surface area is 107 Å². The Morgan fingerprint density at radius 2 is 2.26 bits per heavy atom. The van der Waals surface area contributed by atoms with Crippen LogP contribution in [0.1, 0.15) is 17.0 Å². The van der Waals surface area contributed by atoms with Crippen molar-refractivity contribution >= 4 is 27.8 Å². The number of rotatable bonds is 4. The van der Waals surface area contributed by atoms with Crippen LogP contribution in [0.5, 0.6) is 0 Å². The molecule has 0 spiro atoms. The van der Waals surface area contributed by atoms with Gasteiger partial charge in [-0.1, -0.05) is 0 Å². The zero-order chi connectivity index (χ0) is 14.2. The number of nitrogens with one attached hydrogen (secondary N) is 1. The van der Waals surface area contributed by atoms with E-state index in [2.05, 4.69) is 15.2 Å². The van der Waals surface area contributed by atoms with Crippen molar-refractivity contribution in [3.8, 4) is 0 Å². The fourth-order valence-electron chi connectivity index (χ4n) is 1.88. The predicted molar refractivity (Wildman–Crippen MR) is 61.8 cm³/mol. The molecule has 2 rings (SSSR count). The number of nitrogens with zero attached hydrogens (tertiary/aromatic N) is 3. The highest BCUT2D eigenvalue weighted by atomic mass is 32.2. The molecule has 0 radical (unpaired) electrons. The van der Waals surface area contributed by atoms with E-state index in [0.29, 0.717) is 0 Å². The van der Waals surface area contributed by atoms with Crippen molar-refractivity contribution in [1.82, 2.24) is 15.2 Å². The average molecular weight is 289 g/mol. The first kappa shape index (κ1) is 13.4. The van der Waals surface area contributed by atoms with Crippen LogP contribution < -0.4 is 10.0 Å². The zero-order valence-electron chi connectivity index (χ0n) is 9.61. The second-order valence-corrected chi connectivity index (χ2v) is 5.85. The molecule has 1 aliphatic heterocycles. The van der Waals surface area contributed by atoms with Crippen molar-refractivity contribution < 1.29 is 23.1 Å². The van der Waals surface area contributed by atoms with Crippen LogP contribution in [0.25, 0.3) is 0 Å². The number of carbonyl (C=O) groups excluding carboxylic acids is 1. The first-order valence-corrected chi connectivity index (χ1v) is 6.94. The maximum absolute atomic E-state index is 11.7. The highest BCUT2D eigenvalue weighted by Crippen LogP contribution is 2.22. The topological polar surface area (TPSA) is 159 Å². The number of carboxylic acid groups (broad SMARTS) is 1. The molecule has 11 heteroatoms. The summed E-state index contributed by atoms with van der Waals surface area (Å²) in [4.78, 5) is 27.1. The van der Waals surface area contributed by atoms with E-state index in [9.17, 15) is 18.0 Å². The normalized spacial score (nSPS) is 19.9. The number of nitrogens with two attached hydrogens (primary N) is 1. The van der Waals surface area contributed by atoms with E-state index < -0.39 is 27.7 Å². The van der Waals surface area contributed by atoms with Crippen LogP contribution in [-0.4, -0.2) is 52.9 Å². The Morgan fingerprint density at radius 3 is 2.79 bits per heavy atom. The fraction of sp³-hybridized carbons (Fsp3) is 0.500. The van der Waals surface area contributed by atoms with Crippen LogP contribution in [0, 0.1) is 5.92 Å². The molecule has 0 saturated carbocycles. The molecule has 1 amide bonds. The average Bonchev–Trinajstić information content (AvgIpc) is 2.82. The summed E-state index contributed by atoms with van der Waals surface area (Å²) in [5.74, 6) is -2.91. The SMILES string of the molecule is NS(=O)(=O)CC1CC(=O)N(c2n[nH]c(C(=O)O)n2)C1. The third kappa shape index (κ3) is 3.06. The minimum Gasteiger partial charge on any atom is -0.475 e. The largest absolute Gasteiger partial charge is 0.475 e. The van der Waals surface area contributed by atoms with Gasteiger partial charge in [-0.3, -0.25) is 14.8 Å². The zero-order valence-corrected chi connectivity index (χ0v) is 10.4. The van der Waals surface area contributed by atoms with Gasteiger partial charge >= 0.3 is 5.97 Å². The molecule has 1 unspecified atom stereocenters. The number of primary sulfonamides is 1. The number of sulfonamides is 1. The first-order valence-electron chi connectivity index (χ1n) is 5.23. The second kappa shape index (κ2) is 4.59. The van der Waals surface area contributed by atoms with Crippen molar-refractivity contribution in [3.63, 3.8) is 0 Å². The number of H-pyrrole nitrogens is 1. The molecule has 0 aromatic carbocycles. The van der Waals surface area contributed by atoms with Gasteiger partial charge in [0.1, 0.15) is 0 Å². The summed E-state index contributed by atoms with van der Waals surface area (Å²) in [6, 6.07) is 0. The molecule has 1 aromatic rings. The van der Waals surface area contributed by atoms with E-state index in [1.54, 1.807) is 0 Å². The highest BCUT2D eigenvalue weighted by Gasteiger charge is 2.35. The van der Waals surface area contributed by atoms with Crippen LogP contribution in [0.3, 0.4) is 0 Å². The van der Waals surface area contributed by atoms with Gasteiger partial charge in [0.2, 0.25) is 21.8 Å². The highest BCUT2D eigenvalue weighted by molar-refractivity contribution is 7.89. The number of hydrogen-bond acceptors (Lipinski definition) is 6. The van der Waals surface area contributed by atoms with E-state index in [0.717, 1.165) is 4.90 Å². The Morgan fingerprint density at radius 1 is 1.58 bits per heavy atom. The van der Waals surface area contributed by atoms with Crippen molar-refractivity contribution in [3.05, 3.63) is 5.82 Å².